The monoisotopic (exact) mass is 153 g/mol. The summed E-state index contributed by atoms with van der Waals surface area (Å²) in [5.74, 6) is 3.02. The summed E-state index contributed by atoms with van der Waals surface area (Å²) in [6, 6.07) is 0.961. The second-order valence-electron chi connectivity index (χ2n) is 4.64. The minimum absolute atomic E-state index is 0.919. The molecule has 2 rings (SSSR count). The molecule has 0 N–H and O–H groups in total. The van der Waals surface area contributed by atoms with Crippen LogP contribution in [0.25, 0.3) is 0 Å². The third-order valence-corrected chi connectivity index (χ3v) is 3.80. The van der Waals surface area contributed by atoms with E-state index in [4.69, 9.17) is 0 Å². The Morgan fingerprint density at radius 3 is 2.64 bits per heavy atom. The molecule has 11 heavy (non-hydrogen) atoms. The van der Waals surface area contributed by atoms with Gasteiger partial charge in [0.1, 0.15) is 0 Å². The van der Waals surface area contributed by atoms with Gasteiger partial charge >= 0.3 is 0 Å². The summed E-state index contributed by atoms with van der Waals surface area (Å²) in [5, 5.41) is 0. The first-order chi connectivity index (χ1) is 5.20. The van der Waals surface area contributed by atoms with Gasteiger partial charge in [-0.25, -0.2) is 0 Å². The second kappa shape index (κ2) is 2.48. The smallest absolute Gasteiger partial charge is 0.0126 e. The number of rotatable bonds is 1. The van der Waals surface area contributed by atoms with E-state index in [0.29, 0.717) is 0 Å². The third-order valence-electron chi connectivity index (χ3n) is 3.80. The van der Waals surface area contributed by atoms with Crippen LogP contribution in [0.5, 0.6) is 0 Å². The molecule has 1 aliphatic heterocycles. The number of hydrogen-bond donors (Lipinski definition) is 0. The first kappa shape index (κ1) is 7.60. The zero-order valence-corrected chi connectivity index (χ0v) is 7.88. The minimum atomic E-state index is 0.919. The summed E-state index contributed by atoms with van der Waals surface area (Å²) < 4.78 is 0. The van der Waals surface area contributed by atoms with Gasteiger partial charge in [0.05, 0.1) is 0 Å². The summed E-state index contributed by atoms with van der Waals surface area (Å²) in [7, 11) is 2.28. The van der Waals surface area contributed by atoms with Crippen molar-refractivity contribution in [1.82, 2.24) is 4.90 Å². The van der Waals surface area contributed by atoms with E-state index in [1.165, 1.54) is 19.4 Å². The van der Waals surface area contributed by atoms with Gasteiger partial charge in [0, 0.05) is 6.04 Å². The van der Waals surface area contributed by atoms with Gasteiger partial charge in [-0.3, -0.25) is 0 Å². The van der Waals surface area contributed by atoms with E-state index in [9.17, 15) is 0 Å². The average molecular weight is 153 g/mol. The van der Waals surface area contributed by atoms with Gasteiger partial charge < -0.3 is 4.90 Å². The van der Waals surface area contributed by atoms with E-state index in [2.05, 4.69) is 25.8 Å². The number of nitrogens with zero attached hydrogens (tertiary/aromatic N) is 1. The Labute approximate surface area is 69.8 Å². The Morgan fingerprint density at radius 2 is 2.09 bits per heavy atom. The first-order valence-corrected chi connectivity index (χ1v) is 4.90. The molecule has 64 valence electrons. The van der Waals surface area contributed by atoms with Crippen LogP contribution in [0.4, 0.5) is 0 Å². The van der Waals surface area contributed by atoms with Crippen molar-refractivity contribution in [3.8, 4) is 0 Å². The van der Waals surface area contributed by atoms with E-state index < -0.39 is 0 Å². The molecule has 0 aromatic heterocycles. The molecule has 1 heteroatoms. The molecule has 1 saturated heterocycles. The predicted octanol–water partition coefficient (Wildman–Crippen LogP) is 1.98. The molecule has 0 aromatic carbocycles. The summed E-state index contributed by atoms with van der Waals surface area (Å²) in [6.45, 7) is 6.09. The number of fused-ring (bicyclic) bond motifs is 1. The van der Waals surface area contributed by atoms with Gasteiger partial charge in [-0.2, -0.15) is 0 Å². The number of likely N-dealkylation sites (tertiary alicyclic amines) is 1. The summed E-state index contributed by atoms with van der Waals surface area (Å²) in [6.07, 6.45) is 2.93. The fourth-order valence-electron chi connectivity index (χ4n) is 2.92. The predicted molar refractivity (Wildman–Crippen MR) is 47.5 cm³/mol. The molecular weight excluding hydrogens is 134 g/mol. The highest BCUT2D eigenvalue weighted by Gasteiger charge is 2.47. The molecule has 1 saturated carbocycles. The molecule has 1 aliphatic carbocycles. The van der Waals surface area contributed by atoms with E-state index in [1.807, 2.05) is 0 Å². The second-order valence-corrected chi connectivity index (χ2v) is 4.64. The highest BCUT2D eigenvalue weighted by molar-refractivity contribution is 5.00. The van der Waals surface area contributed by atoms with Crippen molar-refractivity contribution in [2.75, 3.05) is 13.6 Å². The number of hydrogen-bond acceptors (Lipinski definition) is 1. The Balaban J connectivity index is 1.96. The van der Waals surface area contributed by atoms with Crippen molar-refractivity contribution < 1.29 is 0 Å². The molecule has 2 fully saturated rings. The van der Waals surface area contributed by atoms with Crippen LogP contribution in [-0.2, 0) is 0 Å². The third kappa shape index (κ3) is 1.01. The highest BCUT2D eigenvalue weighted by atomic mass is 15.2. The fourth-order valence-corrected chi connectivity index (χ4v) is 2.92. The average Bonchev–Trinajstić information content (AvgIpc) is 2.06. The van der Waals surface area contributed by atoms with E-state index in [-0.39, 0.29) is 0 Å². The Hall–Kier alpha value is -0.0400. The highest BCUT2D eigenvalue weighted by Crippen LogP contribution is 2.47. The van der Waals surface area contributed by atoms with Gasteiger partial charge in [-0.1, -0.05) is 13.8 Å². The molecule has 0 bridgehead atoms. The van der Waals surface area contributed by atoms with Crippen LogP contribution in [0.2, 0.25) is 0 Å². The lowest BCUT2D eigenvalue weighted by Crippen LogP contribution is -2.46. The van der Waals surface area contributed by atoms with Crippen LogP contribution < -0.4 is 0 Å². The molecule has 1 nitrogen and oxygen atoms in total. The van der Waals surface area contributed by atoms with E-state index >= 15 is 0 Å². The van der Waals surface area contributed by atoms with E-state index in [1.54, 1.807) is 0 Å². The molecule has 0 amide bonds. The van der Waals surface area contributed by atoms with Crippen molar-refractivity contribution in [1.29, 1.82) is 0 Å². The van der Waals surface area contributed by atoms with Crippen molar-refractivity contribution in [2.24, 2.45) is 17.8 Å². The van der Waals surface area contributed by atoms with Crippen LogP contribution in [0.3, 0.4) is 0 Å². The normalized spacial score (nSPS) is 44.2. The van der Waals surface area contributed by atoms with Crippen LogP contribution >= 0.6 is 0 Å². The lowest BCUT2D eigenvalue weighted by molar-refractivity contribution is 0.0527. The first-order valence-electron chi connectivity index (χ1n) is 4.90. The largest absolute Gasteiger partial charge is 0.303 e. The van der Waals surface area contributed by atoms with Crippen molar-refractivity contribution in [2.45, 2.75) is 32.7 Å². The van der Waals surface area contributed by atoms with Crippen molar-refractivity contribution in [3.63, 3.8) is 0 Å². The van der Waals surface area contributed by atoms with Crippen molar-refractivity contribution in [3.05, 3.63) is 0 Å². The molecular formula is C10H19N. The van der Waals surface area contributed by atoms with Crippen molar-refractivity contribution >= 4 is 0 Å². The van der Waals surface area contributed by atoms with Crippen LogP contribution in [0, 0.1) is 17.8 Å². The lowest BCUT2D eigenvalue weighted by atomic mass is 9.65. The Bertz CT molecular complexity index is 153. The fraction of sp³-hybridized carbons (Fsp3) is 1.00. The van der Waals surface area contributed by atoms with Crippen LogP contribution in [0.15, 0.2) is 0 Å². The van der Waals surface area contributed by atoms with Crippen LogP contribution in [-0.4, -0.2) is 24.5 Å². The molecule has 1 heterocycles. The topological polar surface area (TPSA) is 3.24 Å². The van der Waals surface area contributed by atoms with Gasteiger partial charge in [-0.15, -0.1) is 0 Å². The molecule has 0 spiro atoms. The Morgan fingerprint density at radius 1 is 1.36 bits per heavy atom. The van der Waals surface area contributed by atoms with Gasteiger partial charge in [0.15, 0.2) is 0 Å². The van der Waals surface area contributed by atoms with Gasteiger partial charge in [0.25, 0.3) is 0 Å². The molecule has 3 atom stereocenters. The molecule has 3 unspecified atom stereocenters. The lowest BCUT2D eigenvalue weighted by Gasteiger charge is -2.45. The quantitative estimate of drug-likeness (QED) is 0.557. The van der Waals surface area contributed by atoms with Gasteiger partial charge in [-0.05, 0) is 44.2 Å². The Kier molecular flexibility index (Phi) is 1.71. The zero-order chi connectivity index (χ0) is 8.01. The van der Waals surface area contributed by atoms with Crippen LogP contribution in [0.1, 0.15) is 26.7 Å². The zero-order valence-electron chi connectivity index (χ0n) is 7.88. The summed E-state index contributed by atoms with van der Waals surface area (Å²) in [5.41, 5.74) is 0. The van der Waals surface area contributed by atoms with E-state index in [0.717, 1.165) is 23.8 Å². The maximum atomic E-state index is 2.55. The SMILES string of the molecule is CC(C)C1CC2C1CCN2C. The molecule has 2 aliphatic rings. The molecule has 0 radical (unpaired) electrons. The maximum absolute atomic E-state index is 2.55. The molecule has 0 aromatic rings. The summed E-state index contributed by atoms with van der Waals surface area (Å²) >= 11 is 0. The standard InChI is InChI=1S/C10H19N/c1-7(2)9-6-10-8(9)4-5-11(10)3/h7-10H,4-6H2,1-3H3. The maximum Gasteiger partial charge on any atom is 0.0126 e. The van der Waals surface area contributed by atoms with Gasteiger partial charge in [0.2, 0.25) is 0 Å². The summed E-state index contributed by atoms with van der Waals surface area (Å²) in [4.78, 5) is 2.55. The minimum Gasteiger partial charge on any atom is -0.303 e.